The number of rotatable bonds is 5. The number of hydrazone groups is 1. The number of urea groups is 1. The van der Waals surface area contributed by atoms with E-state index >= 15 is 0 Å². The molecular formula is C17H19BrN4O4. The van der Waals surface area contributed by atoms with Gasteiger partial charge < -0.3 is 24.1 Å². The van der Waals surface area contributed by atoms with Crippen LogP contribution in [0.2, 0.25) is 0 Å². The lowest BCUT2D eigenvalue weighted by molar-refractivity contribution is 0.120. The number of halogens is 1. The number of ether oxygens (including phenoxy) is 2. The minimum atomic E-state index is -0.482. The van der Waals surface area contributed by atoms with Crippen LogP contribution in [0.25, 0.3) is 0 Å². The van der Waals surface area contributed by atoms with Crippen LogP contribution in [0.1, 0.15) is 5.76 Å². The summed E-state index contributed by atoms with van der Waals surface area (Å²) in [5.74, 6) is 1.82. The summed E-state index contributed by atoms with van der Waals surface area (Å²) < 4.78 is 17.1. The zero-order valence-electron chi connectivity index (χ0n) is 14.2. The normalized spacial score (nSPS) is 14.5. The van der Waals surface area contributed by atoms with Gasteiger partial charge in [0.25, 0.3) is 0 Å². The molecule has 0 bridgehead atoms. The Labute approximate surface area is 159 Å². The smallest absolute Gasteiger partial charge is 0.339 e. The second-order valence-electron chi connectivity index (χ2n) is 5.43. The molecule has 0 saturated carbocycles. The number of hydrogen-bond donors (Lipinski definition) is 2. The molecule has 9 heteroatoms. The van der Waals surface area contributed by atoms with Gasteiger partial charge in [0.1, 0.15) is 5.75 Å². The van der Waals surface area contributed by atoms with Gasteiger partial charge in [-0.05, 0) is 28.1 Å². The SMILES string of the molecule is COc1ccccc1NC(=O)N/N=C/c1cc(Br)c(N2CCOCC2)o1. The fraction of sp³-hybridized carbons (Fsp3) is 0.294. The Morgan fingerprint density at radius 3 is 2.88 bits per heavy atom. The maximum atomic E-state index is 11.9. The summed E-state index contributed by atoms with van der Waals surface area (Å²) in [6.07, 6.45) is 1.44. The van der Waals surface area contributed by atoms with E-state index in [0.717, 1.165) is 23.4 Å². The maximum absolute atomic E-state index is 11.9. The molecule has 1 fully saturated rings. The molecule has 8 nitrogen and oxygen atoms in total. The van der Waals surface area contributed by atoms with Crippen molar-refractivity contribution in [3.8, 4) is 5.75 Å². The Bertz CT molecular complexity index is 787. The van der Waals surface area contributed by atoms with E-state index in [0.29, 0.717) is 30.4 Å². The average Bonchev–Trinajstić information content (AvgIpc) is 3.03. The number of hydrogen-bond acceptors (Lipinski definition) is 6. The molecule has 1 aliphatic rings. The summed E-state index contributed by atoms with van der Waals surface area (Å²) in [5.41, 5.74) is 2.95. The summed E-state index contributed by atoms with van der Waals surface area (Å²) in [7, 11) is 1.54. The third-order valence-corrected chi connectivity index (χ3v) is 4.27. The number of methoxy groups -OCH3 is 1. The number of anilines is 2. The lowest BCUT2D eigenvalue weighted by Gasteiger charge is -2.26. The molecule has 2 N–H and O–H groups in total. The van der Waals surface area contributed by atoms with Crippen LogP contribution in [-0.4, -0.2) is 45.7 Å². The number of para-hydroxylation sites is 2. The molecule has 2 amide bonds. The Morgan fingerprint density at radius 1 is 1.35 bits per heavy atom. The van der Waals surface area contributed by atoms with E-state index < -0.39 is 6.03 Å². The molecule has 1 saturated heterocycles. The van der Waals surface area contributed by atoms with Gasteiger partial charge in [-0.2, -0.15) is 5.10 Å². The Balaban J connectivity index is 1.57. The quantitative estimate of drug-likeness (QED) is 0.570. The molecular weight excluding hydrogens is 404 g/mol. The van der Waals surface area contributed by atoms with Crippen LogP contribution in [0.15, 0.2) is 44.3 Å². The van der Waals surface area contributed by atoms with Gasteiger partial charge in [0.2, 0.25) is 5.88 Å². The van der Waals surface area contributed by atoms with E-state index in [1.165, 1.54) is 13.3 Å². The first-order valence-corrected chi connectivity index (χ1v) is 8.82. The van der Waals surface area contributed by atoms with Crippen LogP contribution in [0, 0.1) is 0 Å². The largest absolute Gasteiger partial charge is 0.495 e. The molecule has 3 rings (SSSR count). The molecule has 138 valence electrons. The standard InChI is InChI=1S/C17H19BrN4O4/c1-24-15-5-3-2-4-14(15)20-17(23)21-19-11-12-10-13(18)16(26-12)22-6-8-25-9-7-22/h2-5,10-11H,6-9H2,1H3,(H2,20,21,23)/b19-11+. The van der Waals surface area contributed by atoms with Crippen LogP contribution in [0.5, 0.6) is 5.75 Å². The first-order valence-electron chi connectivity index (χ1n) is 8.02. The molecule has 0 aliphatic carbocycles. The summed E-state index contributed by atoms with van der Waals surface area (Å²) in [5, 5.41) is 6.57. The highest BCUT2D eigenvalue weighted by molar-refractivity contribution is 9.10. The molecule has 0 spiro atoms. The highest BCUT2D eigenvalue weighted by Crippen LogP contribution is 2.30. The minimum absolute atomic E-state index is 0.482. The van der Waals surface area contributed by atoms with Gasteiger partial charge in [-0.15, -0.1) is 0 Å². The number of nitrogens with one attached hydrogen (secondary N) is 2. The number of amides is 2. The van der Waals surface area contributed by atoms with Crippen molar-refractivity contribution in [3.05, 3.63) is 40.6 Å². The molecule has 2 aromatic rings. The van der Waals surface area contributed by atoms with E-state index in [1.54, 1.807) is 24.3 Å². The second kappa shape index (κ2) is 8.72. The summed E-state index contributed by atoms with van der Waals surface area (Å²) >= 11 is 3.48. The van der Waals surface area contributed by atoms with Crippen molar-refractivity contribution in [2.75, 3.05) is 43.6 Å². The van der Waals surface area contributed by atoms with Crippen LogP contribution in [-0.2, 0) is 4.74 Å². The van der Waals surface area contributed by atoms with Gasteiger partial charge in [0.05, 0.1) is 36.7 Å². The summed E-state index contributed by atoms with van der Waals surface area (Å²) in [6, 6.07) is 8.43. The van der Waals surface area contributed by atoms with Crippen LogP contribution in [0.4, 0.5) is 16.4 Å². The first kappa shape index (κ1) is 18.3. The first-order chi connectivity index (χ1) is 12.7. The van der Waals surface area contributed by atoms with E-state index in [2.05, 4.69) is 36.7 Å². The van der Waals surface area contributed by atoms with Gasteiger partial charge in [-0.25, -0.2) is 10.2 Å². The number of benzene rings is 1. The Morgan fingerprint density at radius 2 is 2.12 bits per heavy atom. The number of furan rings is 1. The summed E-state index contributed by atoms with van der Waals surface area (Å²) in [6.45, 7) is 2.87. The van der Waals surface area contributed by atoms with Crippen molar-refractivity contribution in [2.45, 2.75) is 0 Å². The van der Waals surface area contributed by atoms with Crippen molar-refractivity contribution in [1.82, 2.24) is 5.43 Å². The van der Waals surface area contributed by atoms with Crippen molar-refractivity contribution in [2.24, 2.45) is 5.10 Å². The number of carbonyl (C=O) groups excluding carboxylic acids is 1. The molecule has 26 heavy (non-hydrogen) atoms. The maximum Gasteiger partial charge on any atom is 0.339 e. The fourth-order valence-electron chi connectivity index (χ4n) is 2.47. The zero-order chi connectivity index (χ0) is 18.4. The molecule has 1 aromatic carbocycles. The van der Waals surface area contributed by atoms with Crippen LogP contribution < -0.4 is 20.4 Å². The highest BCUT2D eigenvalue weighted by Gasteiger charge is 2.18. The van der Waals surface area contributed by atoms with Crippen LogP contribution in [0.3, 0.4) is 0 Å². The van der Waals surface area contributed by atoms with Gasteiger partial charge in [-0.3, -0.25) is 0 Å². The monoisotopic (exact) mass is 422 g/mol. The van der Waals surface area contributed by atoms with E-state index in [9.17, 15) is 4.79 Å². The molecule has 0 atom stereocenters. The van der Waals surface area contributed by atoms with Gasteiger partial charge in [0, 0.05) is 19.2 Å². The Hall–Kier alpha value is -2.52. The molecule has 2 heterocycles. The number of morpholine rings is 1. The third kappa shape index (κ3) is 4.55. The molecule has 0 unspecified atom stereocenters. The van der Waals surface area contributed by atoms with Crippen molar-refractivity contribution in [1.29, 1.82) is 0 Å². The predicted octanol–water partition coefficient (Wildman–Crippen LogP) is 3.04. The molecule has 1 aromatic heterocycles. The summed E-state index contributed by atoms with van der Waals surface area (Å²) in [4.78, 5) is 14.0. The fourth-order valence-corrected chi connectivity index (χ4v) is 3.03. The van der Waals surface area contributed by atoms with Crippen molar-refractivity contribution in [3.63, 3.8) is 0 Å². The lowest BCUT2D eigenvalue weighted by Crippen LogP contribution is -2.36. The number of nitrogens with zero attached hydrogens (tertiary/aromatic N) is 2. The predicted molar refractivity (Wildman–Crippen MR) is 102 cm³/mol. The number of carbonyl (C=O) groups is 1. The molecule has 0 radical (unpaired) electrons. The van der Waals surface area contributed by atoms with Crippen molar-refractivity contribution < 1.29 is 18.7 Å². The topological polar surface area (TPSA) is 88.3 Å². The highest BCUT2D eigenvalue weighted by atomic mass is 79.9. The zero-order valence-corrected chi connectivity index (χ0v) is 15.8. The third-order valence-electron chi connectivity index (χ3n) is 3.70. The van der Waals surface area contributed by atoms with E-state index in [1.807, 2.05) is 6.07 Å². The Kier molecular flexibility index (Phi) is 6.13. The van der Waals surface area contributed by atoms with Gasteiger partial charge in [0.15, 0.2) is 5.76 Å². The van der Waals surface area contributed by atoms with E-state index in [-0.39, 0.29) is 0 Å². The average molecular weight is 423 g/mol. The van der Waals surface area contributed by atoms with Crippen LogP contribution >= 0.6 is 15.9 Å². The lowest BCUT2D eigenvalue weighted by atomic mass is 10.3. The minimum Gasteiger partial charge on any atom is -0.495 e. The van der Waals surface area contributed by atoms with Crippen molar-refractivity contribution >= 4 is 39.7 Å². The second-order valence-corrected chi connectivity index (χ2v) is 6.28. The van der Waals surface area contributed by atoms with E-state index in [4.69, 9.17) is 13.9 Å². The van der Waals surface area contributed by atoms with Gasteiger partial charge >= 0.3 is 6.03 Å². The molecule has 1 aliphatic heterocycles. The van der Waals surface area contributed by atoms with Gasteiger partial charge in [-0.1, -0.05) is 12.1 Å².